The van der Waals surface area contributed by atoms with Gasteiger partial charge in [-0.3, -0.25) is 11.3 Å². The van der Waals surface area contributed by atoms with Crippen molar-refractivity contribution in [2.24, 2.45) is 5.84 Å². The van der Waals surface area contributed by atoms with Gasteiger partial charge in [-0.1, -0.05) is 32.6 Å². The summed E-state index contributed by atoms with van der Waals surface area (Å²) >= 11 is 0. The van der Waals surface area contributed by atoms with Crippen molar-refractivity contribution in [3.8, 4) is 0 Å². The van der Waals surface area contributed by atoms with Crippen LogP contribution in [0.1, 0.15) is 39.0 Å². The Hall–Kier alpha value is -0.160. The summed E-state index contributed by atoms with van der Waals surface area (Å²) in [5, 5.41) is 0. The minimum atomic E-state index is 0.277. The second-order valence-corrected chi connectivity index (χ2v) is 3.78. The van der Waals surface area contributed by atoms with E-state index in [1.54, 1.807) is 7.11 Å². The van der Waals surface area contributed by atoms with Gasteiger partial charge in [0.05, 0.1) is 19.8 Å². The molecule has 0 amide bonds. The van der Waals surface area contributed by atoms with Gasteiger partial charge in [0.2, 0.25) is 0 Å². The van der Waals surface area contributed by atoms with Crippen molar-refractivity contribution in [1.29, 1.82) is 0 Å². The fraction of sp³-hybridized carbons (Fsp3) is 1.00. The molecule has 0 aromatic heterocycles. The van der Waals surface area contributed by atoms with Gasteiger partial charge in [0.15, 0.2) is 0 Å². The maximum atomic E-state index is 5.44. The van der Waals surface area contributed by atoms with Crippen LogP contribution < -0.4 is 11.3 Å². The minimum absolute atomic E-state index is 0.277. The first-order valence-electron chi connectivity index (χ1n) is 5.88. The van der Waals surface area contributed by atoms with Crippen molar-refractivity contribution < 1.29 is 9.47 Å². The molecule has 4 nitrogen and oxygen atoms in total. The van der Waals surface area contributed by atoms with Crippen molar-refractivity contribution in [3.05, 3.63) is 0 Å². The lowest BCUT2D eigenvalue weighted by atomic mass is 10.1. The lowest BCUT2D eigenvalue weighted by Gasteiger charge is -2.15. The summed E-state index contributed by atoms with van der Waals surface area (Å²) in [6, 6.07) is 0.277. The summed E-state index contributed by atoms with van der Waals surface area (Å²) < 4.78 is 10.3. The second kappa shape index (κ2) is 11.9. The van der Waals surface area contributed by atoms with E-state index in [0.29, 0.717) is 19.8 Å². The van der Waals surface area contributed by atoms with Crippen molar-refractivity contribution in [2.45, 2.75) is 45.1 Å². The zero-order valence-corrected chi connectivity index (χ0v) is 10.1. The fourth-order valence-electron chi connectivity index (χ4n) is 1.40. The van der Waals surface area contributed by atoms with Crippen LogP contribution in [-0.2, 0) is 9.47 Å². The van der Waals surface area contributed by atoms with E-state index in [9.17, 15) is 0 Å². The first kappa shape index (κ1) is 14.8. The van der Waals surface area contributed by atoms with Gasteiger partial charge in [-0.05, 0) is 6.42 Å². The molecule has 92 valence electrons. The molecular weight excluding hydrogens is 192 g/mol. The van der Waals surface area contributed by atoms with Crippen LogP contribution in [0.5, 0.6) is 0 Å². The van der Waals surface area contributed by atoms with Gasteiger partial charge in [-0.2, -0.15) is 0 Å². The number of hydrogen-bond donors (Lipinski definition) is 2. The Morgan fingerprint density at radius 1 is 1.20 bits per heavy atom. The monoisotopic (exact) mass is 218 g/mol. The third-order valence-electron chi connectivity index (χ3n) is 2.39. The topological polar surface area (TPSA) is 56.5 Å². The summed E-state index contributed by atoms with van der Waals surface area (Å²) in [5.41, 5.74) is 2.79. The van der Waals surface area contributed by atoms with Crippen LogP contribution in [0.2, 0.25) is 0 Å². The smallest absolute Gasteiger partial charge is 0.0701 e. The van der Waals surface area contributed by atoms with Crippen molar-refractivity contribution in [1.82, 2.24) is 5.43 Å². The minimum Gasteiger partial charge on any atom is -0.382 e. The lowest BCUT2D eigenvalue weighted by molar-refractivity contribution is 0.0571. The zero-order chi connectivity index (χ0) is 11.4. The molecule has 0 saturated heterocycles. The van der Waals surface area contributed by atoms with E-state index >= 15 is 0 Å². The van der Waals surface area contributed by atoms with Crippen LogP contribution in [0.3, 0.4) is 0 Å². The Kier molecular flexibility index (Phi) is 11.8. The normalized spacial score (nSPS) is 13.0. The third-order valence-corrected chi connectivity index (χ3v) is 2.39. The van der Waals surface area contributed by atoms with Crippen LogP contribution in [0, 0.1) is 0 Å². The molecule has 0 radical (unpaired) electrons. The predicted molar refractivity (Wildman–Crippen MR) is 62.6 cm³/mol. The molecule has 1 unspecified atom stereocenters. The molecule has 1 atom stereocenters. The Morgan fingerprint density at radius 2 is 2.00 bits per heavy atom. The highest BCUT2D eigenvalue weighted by molar-refractivity contribution is 4.62. The van der Waals surface area contributed by atoms with Gasteiger partial charge in [0.25, 0.3) is 0 Å². The average molecular weight is 218 g/mol. The van der Waals surface area contributed by atoms with Crippen LogP contribution in [0.4, 0.5) is 0 Å². The van der Waals surface area contributed by atoms with Crippen LogP contribution in [0.15, 0.2) is 0 Å². The molecule has 0 aliphatic carbocycles. The van der Waals surface area contributed by atoms with Crippen LogP contribution in [0.25, 0.3) is 0 Å². The molecule has 0 aromatic rings. The largest absolute Gasteiger partial charge is 0.382 e. The molecule has 4 heteroatoms. The molecule has 0 aliphatic heterocycles. The average Bonchev–Trinajstić information content (AvgIpc) is 2.27. The molecule has 0 rings (SSSR count). The fourth-order valence-corrected chi connectivity index (χ4v) is 1.40. The predicted octanol–water partition coefficient (Wildman–Crippen LogP) is 1.45. The number of hydrogen-bond acceptors (Lipinski definition) is 4. The Bertz CT molecular complexity index is 111. The molecule has 0 bridgehead atoms. The number of rotatable bonds is 11. The summed E-state index contributed by atoms with van der Waals surface area (Å²) in [6.07, 6.45) is 6.17. The molecule has 0 fully saturated rings. The quantitative estimate of drug-likeness (QED) is 0.313. The highest BCUT2D eigenvalue weighted by Gasteiger charge is 2.05. The number of nitrogens with two attached hydrogens (primary N) is 1. The van der Waals surface area contributed by atoms with Gasteiger partial charge >= 0.3 is 0 Å². The molecule has 0 heterocycles. The zero-order valence-electron chi connectivity index (χ0n) is 10.1. The van der Waals surface area contributed by atoms with Gasteiger partial charge in [0, 0.05) is 13.2 Å². The molecular formula is C11H26N2O2. The van der Waals surface area contributed by atoms with E-state index < -0.39 is 0 Å². The molecule has 0 aromatic carbocycles. The first-order chi connectivity index (χ1) is 7.35. The molecule has 3 N–H and O–H groups in total. The number of unbranched alkanes of at least 4 members (excludes halogenated alkanes) is 3. The molecule has 0 aliphatic rings. The van der Waals surface area contributed by atoms with Gasteiger partial charge < -0.3 is 9.47 Å². The van der Waals surface area contributed by atoms with E-state index in [2.05, 4.69) is 12.3 Å². The molecule has 0 spiro atoms. The Morgan fingerprint density at radius 3 is 2.60 bits per heavy atom. The second-order valence-electron chi connectivity index (χ2n) is 3.78. The van der Waals surface area contributed by atoms with E-state index in [4.69, 9.17) is 15.3 Å². The van der Waals surface area contributed by atoms with Crippen molar-refractivity contribution >= 4 is 0 Å². The van der Waals surface area contributed by atoms with E-state index in [-0.39, 0.29) is 6.04 Å². The number of hydrazine groups is 1. The maximum absolute atomic E-state index is 5.44. The standard InChI is InChI=1S/C11H26N2O2/c1-3-4-5-6-7-11(13-12)10-15-9-8-14-2/h11,13H,3-10,12H2,1-2H3. The maximum Gasteiger partial charge on any atom is 0.0701 e. The lowest BCUT2D eigenvalue weighted by Crippen LogP contribution is -2.38. The Labute approximate surface area is 93.5 Å². The van der Waals surface area contributed by atoms with Gasteiger partial charge in [-0.25, -0.2) is 0 Å². The van der Waals surface area contributed by atoms with Crippen LogP contribution in [-0.4, -0.2) is 33.0 Å². The van der Waals surface area contributed by atoms with E-state index in [1.807, 2.05) is 0 Å². The van der Waals surface area contributed by atoms with E-state index in [1.165, 1.54) is 25.7 Å². The van der Waals surface area contributed by atoms with Gasteiger partial charge in [-0.15, -0.1) is 0 Å². The molecule has 0 saturated carbocycles. The summed E-state index contributed by atoms with van der Waals surface area (Å²) in [7, 11) is 1.67. The summed E-state index contributed by atoms with van der Waals surface area (Å²) in [5.74, 6) is 5.44. The highest BCUT2D eigenvalue weighted by atomic mass is 16.5. The van der Waals surface area contributed by atoms with Crippen molar-refractivity contribution in [3.63, 3.8) is 0 Å². The third kappa shape index (κ3) is 10.1. The number of methoxy groups -OCH3 is 1. The van der Waals surface area contributed by atoms with E-state index in [0.717, 1.165) is 6.42 Å². The van der Waals surface area contributed by atoms with Crippen LogP contribution >= 0.6 is 0 Å². The van der Waals surface area contributed by atoms with Crippen molar-refractivity contribution in [2.75, 3.05) is 26.9 Å². The first-order valence-corrected chi connectivity index (χ1v) is 5.88. The molecule has 15 heavy (non-hydrogen) atoms. The summed E-state index contributed by atoms with van der Waals surface area (Å²) in [6.45, 7) is 4.18. The van der Waals surface area contributed by atoms with Gasteiger partial charge in [0.1, 0.15) is 0 Å². The highest BCUT2D eigenvalue weighted by Crippen LogP contribution is 2.05. The number of ether oxygens (including phenoxy) is 2. The Balaban J connectivity index is 3.29. The number of nitrogens with one attached hydrogen (secondary N) is 1. The SMILES string of the molecule is CCCCCCC(COCCOC)NN. The summed E-state index contributed by atoms with van der Waals surface area (Å²) in [4.78, 5) is 0.